The number of likely N-dealkylation sites (N-methyl/N-ethyl adjacent to an activating group) is 1. The quantitative estimate of drug-likeness (QED) is 0.865. The Morgan fingerprint density at radius 1 is 1.53 bits per heavy atom. The van der Waals surface area contributed by atoms with E-state index >= 15 is 0 Å². The molecule has 1 aliphatic heterocycles. The molecular weight excluding hydrogens is 214 g/mol. The van der Waals surface area contributed by atoms with Gasteiger partial charge in [0.05, 0.1) is 5.69 Å². The Kier molecular flexibility index (Phi) is 4.18. The second-order valence-corrected chi connectivity index (χ2v) is 5.04. The van der Waals surface area contributed by atoms with Crippen LogP contribution in [-0.4, -0.2) is 36.6 Å². The van der Waals surface area contributed by atoms with Crippen LogP contribution in [0.5, 0.6) is 0 Å². The van der Waals surface area contributed by atoms with Gasteiger partial charge in [0, 0.05) is 18.9 Å². The Bertz CT molecular complexity index is 362. The first-order valence-electron chi connectivity index (χ1n) is 6.55. The molecule has 1 fully saturated rings. The molecule has 0 spiro atoms. The predicted molar refractivity (Wildman–Crippen MR) is 68.1 cm³/mol. The van der Waals surface area contributed by atoms with Crippen LogP contribution in [0.25, 0.3) is 0 Å². The third-order valence-corrected chi connectivity index (χ3v) is 3.48. The van der Waals surface area contributed by atoms with E-state index in [1.807, 2.05) is 6.92 Å². The van der Waals surface area contributed by atoms with E-state index in [-0.39, 0.29) is 0 Å². The third-order valence-electron chi connectivity index (χ3n) is 3.48. The molecule has 1 aromatic rings. The molecule has 0 bridgehead atoms. The van der Waals surface area contributed by atoms with Gasteiger partial charge in [0.15, 0.2) is 5.89 Å². The zero-order chi connectivity index (χ0) is 12.3. The molecule has 1 aromatic heterocycles. The van der Waals surface area contributed by atoms with Crippen LogP contribution in [0.15, 0.2) is 4.42 Å². The maximum Gasteiger partial charge on any atom is 0.194 e. The molecule has 96 valence electrons. The molecule has 1 aliphatic rings. The lowest BCUT2D eigenvalue weighted by Crippen LogP contribution is -2.31. The molecule has 1 atom stereocenters. The Labute approximate surface area is 103 Å². The molecule has 0 amide bonds. The van der Waals surface area contributed by atoms with Crippen molar-refractivity contribution in [3.05, 3.63) is 17.3 Å². The third kappa shape index (κ3) is 3.07. The molecule has 1 unspecified atom stereocenters. The fraction of sp³-hybridized carbons (Fsp3) is 0.769. The molecule has 17 heavy (non-hydrogen) atoms. The number of rotatable bonds is 4. The molecule has 2 N–H and O–H groups in total. The van der Waals surface area contributed by atoms with E-state index in [9.17, 15) is 0 Å². The van der Waals surface area contributed by atoms with Crippen molar-refractivity contribution in [2.75, 3.05) is 26.7 Å². The second-order valence-electron chi connectivity index (χ2n) is 5.04. The Morgan fingerprint density at radius 2 is 2.35 bits per heavy atom. The highest BCUT2D eigenvalue weighted by molar-refractivity contribution is 5.15. The fourth-order valence-electron chi connectivity index (χ4n) is 2.59. The highest BCUT2D eigenvalue weighted by Crippen LogP contribution is 2.28. The summed E-state index contributed by atoms with van der Waals surface area (Å²) in [6.07, 6.45) is 4.30. The van der Waals surface area contributed by atoms with Crippen molar-refractivity contribution in [1.82, 2.24) is 9.88 Å². The van der Waals surface area contributed by atoms with Gasteiger partial charge in [0.1, 0.15) is 5.76 Å². The molecule has 0 aromatic carbocycles. The van der Waals surface area contributed by atoms with Gasteiger partial charge in [-0.1, -0.05) is 0 Å². The highest BCUT2D eigenvalue weighted by atomic mass is 16.4. The molecule has 4 heteroatoms. The Morgan fingerprint density at radius 3 is 3.06 bits per heavy atom. The summed E-state index contributed by atoms with van der Waals surface area (Å²) in [7, 11) is 2.18. The number of nitrogens with zero attached hydrogens (tertiary/aromatic N) is 2. The topological polar surface area (TPSA) is 55.3 Å². The van der Waals surface area contributed by atoms with Crippen LogP contribution in [-0.2, 0) is 6.42 Å². The standard InChI is InChI=1S/C13H23N3O/c1-10-13(11-5-4-8-16(2)9-11)15-12(17-10)6-3-7-14/h11H,3-9,14H2,1-2H3. The second kappa shape index (κ2) is 5.65. The number of aryl methyl sites for hydroxylation is 2. The molecule has 0 radical (unpaired) electrons. The summed E-state index contributed by atoms with van der Waals surface area (Å²) in [4.78, 5) is 7.03. The van der Waals surface area contributed by atoms with E-state index in [0.29, 0.717) is 12.5 Å². The molecule has 2 heterocycles. The Balaban J connectivity index is 2.06. The maximum atomic E-state index is 5.72. The largest absolute Gasteiger partial charge is 0.446 e. The average molecular weight is 237 g/mol. The van der Waals surface area contributed by atoms with Gasteiger partial charge in [-0.15, -0.1) is 0 Å². The van der Waals surface area contributed by atoms with Gasteiger partial charge in [-0.05, 0) is 46.3 Å². The van der Waals surface area contributed by atoms with Gasteiger partial charge in [-0.2, -0.15) is 0 Å². The van der Waals surface area contributed by atoms with Crippen LogP contribution in [0, 0.1) is 6.92 Å². The van der Waals surface area contributed by atoms with E-state index in [4.69, 9.17) is 10.2 Å². The van der Waals surface area contributed by atoms with Crippen LogP contribution in [0.4, 0.5) is 0 Å². The van der Waals surface area contributed by atoms with Crippen LogP contribution in [0.1, 0.15) is 42.5 Å². The summed E-state index contributed by atoms with van der Waals surface area (Å²) in [6, 6.07) is 0. The first-order chi connectivity index (χ1) is 8.20. The van der Waals surface area contributed by atoms with Gasteiger partial charge >= 0.3 is 0 Å². The Hall–Kier alpha value is -0.870. The van der Waals surface area contributed by atoms with Crippen molar-refractivity contribution in [1.29, 1.82) is 0 Å². The summed E-state index contributed by atoms with van der Waals surface area (Å²) in [6.45, 7) is 5.03. The van der Waals surface area contributed by atoms with E-state index in [2.05, 4.69) is 16.9 Å². The summed E-state index contributed by atoms with van der Waals surface area (Å²) >= 11 is 0. The van der Waals surface area contributed by atoms with Gasteiger partial charge in [-0.25, -0.2) is 4.98 Å². The van der Waals surface area contributed by atoms with Crippen molar-refractivity contribution >= 4 is 0 Å². The van der Waals surface area contributed by atoms with Gasteiger partial charge < -0.3 is 15.1 Å². The monoisotopic (exact) mass is 237 g/mol. The normalized spacial score (nSPS) is 21.9. The van der Waals surface area contributed by atoms with E-state index < -0.39 is 0 Å². The smallest absolute Gasteiger partial charge is 0.194 e. The molecule has 0 saturated carbocycles. The molecule has 0 aliphatic carbocycles. The van der Waals surface area contributed by atoms with Crippen molar-refractivity contribution in [2.45, 2.75) is 38.5 Å². The summed E-state index contributed by atoms with van der Waals surface area (Å²) in [5.41, 5.74) is 6.68. The number of piperidine rings is 1. The lowest BCUT2D eigenvalue weighted by molar-refractivity contribution is 0.247. The minimum atomic E-state index is 0.545. The van der Waals surface area contributed by atoms with Crippen LogP contribution in [0.2, 0.25) is 0 Å². The number of likely N-dealkylation sites (tertiary alicyclic amines) is 1. The van der Waals surface area contributed by atoms with Crippen molar-refractivity contribution < 1.29 is 4.42 Å². The fourth-order valence-corrected chi connectivity index (χ4v) is 2.59. The first-order valence-corrected chi connectivity index (χ1v) is 6.55. The predicted octanol–water partition coefficient (Wildman–Crippen LogP) is 1.68. The van der Waals surface area contributed by atoms with Gasteiger partial charge in [-0.3, -0.25) is 0 Å². The molecule has 1 saturated heterocycles. The highest BCUT2D eigenvalue weighted by Gasteiger charge is 2.24. The van der Waals surface area contributed by atoms with Crippen molar-refractivity contribution in [2.24, 2.45) is 5.73 Å². The lowest BCUT2D eigenvalue weighted by Gasteiger charge is -2.28. The summed E-state index contributed by atoms with van der Waals surface area (Å²) < 4.78 is 5.72. The number of aromatic nitrogens is 1. The van der Waals surface area contributed by atoms with E-state index in [1.54, 1.807) is 0 Å². The number of nitrogens with two attached hydrogens (primary N) is 1. The number of hydrogen-bond acceptors (Lipinski definition) is 4. The molecule has 2 rings (SSSR count). The van der Waals surface area contributed by atoms with Crippen LogP contribution in [0.3, 0.4) is 0 Å². The van der Waals surface area contributed by atoms with Crippen LogP contribution >= 0.6 is 0 Å². The summed E-state index contributed by atoms with van der Waals surface area (Å²) in [5, 5.41) is 0. The zero-order valence-electron chi connectivity index (χ0n) is 10.9. The molecule has 4 nitrogen and oxygen atoms in total. The minimum Gasteiger partial charge on any atom is -0.446 e. The van der Waals surface area contributed by atoms with E-state index in [1.165, 1.54) is 25.1 Å². The summed E-state index contributed by atoms with van der Waals surface area (Å²) in [5.74, 6) is 2.40. The minimum absolute atomic E-state index is 0.545. The van der Waals surface area contributed by atoms with Gasteiger partial charge in [0.2, 0.25) is 0 Å². The maximum absolute atomic E-state index is 5.72. The SMILES string of the molecule is Cc1oc(CCCN)nc1C1CCCN(C)C1. The van der Waals surface area contributed by atoms with Crippen molar-refractivity contribution in [3.8, 4) is 0 Å². The van der Waals surface area contributed by atoms with Gasteiger partial charge in [0.25, 0.3) is 0 Å². The van der Waals surface area contributed by atoms with Crippen molar-refractivity contribution in [3.63, 3.8) is 0 Å². The molecular formula is C13H23N3O. The first kappa shape index (κ1) is 12.6. The van der Waals surface area contributed by atoms with E-state index in [0.717, 1.165) is 31.0 Å². The zero-order valence-corrected chi connectivity index (χ0v) is 10.9. The number of oxazole rings is 1. The average Bonchev–Trinajstić information content (AvgIpc) is 2.68. The number of hydrogen-bond donors (Lipinski definition) is 1. The lowest BCUT2D eigenvalue weighted by atomic mass is 9.94. The van der Waals surface area contributed by atoms with Crippen LogP contribution < -0.4 is 5.73 Å².